The third-order valence-electron chi connectivity index (χ3n) is 4.75. The summed E-state index contributed by atoms with van der Waals surface area (Å²) >= 11 is 0. The second-order valence-corrected chi connectivity index (χ2v) is 7.08. The highest BCUT2D eigenvalue weighted by molar-refractivity contribution is 5.57. The molecule has 0 heterocycles. The average molecular weight is 310 g/mol. The van der Waals surface area contributed by atoms with Crippen molar-refractivity contribution in [3.63, 3.8) is 0 Å². The number of hydrogen-bond donors (Lipinski definition) is 0. The van der Waals surface area contributed by atoms with E-state index in [1.807, 2.05) is 0 Å². The second kappa shape index (κ2) is 6.66. The molecular weight excluding hydrogens is 280 g/mol. The molecule has 2 aromatic rings. The largest absolute Gasteiger partial charge is 0.378 e. The van der Waals surface area contributed by atoms with E-state index in [2.05, 4.69) is 90.0 Å². The Kier molecular flexibility index (Phi) is 5.03. The molecule has 0 fully saturated rings. The van der Waals surface area contributed by atoms with Crippen molar-refractivity contribution in [3.05, 3.63) is 57.6 Å². The van der Waals surface area contributed by atoms with E-state index in [1.54, 1.807) is 0 Å². The molecule has 0 N–H and O–H groups in total. The van der Waals surface area contributed by atoms with E-state index in [1.165, 1.54) is 44.8 Å². The SMILES string of the molecule is Cc1cc(N(C)C)cc(C)c1Cc1c(C)cc(N(C)C)cc1C. The van der Waals surface area contributed by atoms with Crippen LogP contribution >= 0.6 is 0 Å². The van der Waals surface area contributed by atoms with Gasteiger partial charge in [-0.3, -0.25) is 0 Å². The number of benzene rings is 2. The third kappa shape index (κ3) is 3.69. The lowest BCUT2D eigenvalue weighted by Gasteiger charge is -2.21. The van der Waals surface area contributed by atoms with Gasteiger partial charge >= 0.3 is 0 Å². The van der Waals surface area contributed by atoms with Crippen LogP contribution in [0.25, 0.3) is 0 Å². The fraction of sp³-hybridized carbons (Fsp3) is 0.429. The predicted octanol–water partition coefficient (Wildman–Crippen LogP) is 4.64. The van der Waals surface area contributed by atoms with E-state index in [9.17, 15) is 0 Å². The van der Waals surface area contributed by atoms with Crippen LogP contribution in [0.5, 0.6) is 0 Å². The number of hydrogen-bond acceptors (Lipinski definition) is 2. The zero-order chi connectivity index (χ0) is 17.3. The quantitative estimate of drug-likeness (QED) is 0.811. The summed E-state index contributed by atoms with van der Waals surface area (Å²) < 4.78 is 0. The molecule has 0 amide bonds. The summed E-state index contributed by atoms with van der Waals surface area (Å²) in [6, 6.07) is 9.17. The van der Waals surface area contributed by atoms with Crippen LogP contribution in [0.15, 0.2) is 24.3 Å². The maximum absolute atomic E-state index is 2.29. The third-order valence-corrected chi connectivity index (χ3v) is 4.75. The first-order chi connectivity index (χ1) is 10.7. The van der Waals surface area contributed by atoms with Crippen molar-refractivity contribution in [2.75, 3.05) is 38.0 Å². The molecule has 124 valence electrons. The van der Waals surface area contributed by atoms with Crippen molar-refractivity contribution in [1.29, 1.82) is 0 Å². The Balaban J connectivity index is 2.44. The molecule has 2 heteroatoms. The van der Waals surface area contributed by atoms with E-state index >= 15 is 0 Å². The topological polar surface area (TPSA) is 6.48 Å². The van der Waals surface area contributed by atoms with Crippen LogP contribution in [0.4, 0.5) is 11.4 Å². The van der Waals surface area contributed by atoms with Gasteiger partial charge in [0.05, 0.1) is 0 Å². The summed E-state index contributed by atoms with van der Waals surface area (Å²) in [5.41, 5.74) is 11.0. The molecule has 0 saturated carbocycles. The van der Waals surface area contributed by atoms with Gasteiger partial charge in [-0.2, -0.15) is 0 Å². The summed E-state index contributed by atoms with van der Waals surface area (Å²) in [4.78, 5) is 4.35. The Bertz CT molecular complexity index is 604. The molecule has 2 rings (SSSR count). The van der Waals surface area contributed by atoms with Crippen LogP contribution in [0.2, 0.25) is 0 Å². The molecule has 2 nitrogen and oxygen atoms in total. The van der Waals surface area contributed by atoms with Crippen LogP contribution in [0, 0.1) is 27.7 Å². The second-order valence-electron chi connectivity index (χ2n) is 7.08. The molecule has 0 saturated heterocycles. The van der Waals surface area contributed by atoms with Crippen molar-refractivity contribution in [2.24, 2.45) is 0 Å². The Morgan fingerprint density at radius 2 is 0.826 bits per heavy atom. The first-order valence-electron chi connectivity index (χ1n) is 8.25. The molecule has 0 aromatic heterocycles. The maximum Gasteiger partial charge on any atom is 0.0366 e. The van der Waals surface area contributed by atoms with Crippen LogP contribution in [0.3, 0.4) is 0 Å². The molecule has 0 unspecified atom stereocenters. The molecule has 0 aliphatic rings. The lowest BCUT2D eigenvalue weighted by Crippen LogP contribution is -2.11. The lowest BCUT2D eigenvalue weighted by molar-refractivity contribution is 1.05. The van der Waals surface area contributed by atoms with Gasteiger partial charge in [0.15, 0.2) is 0 Å². The van der Waals surface area contributed by atoms with Gasteiger partial charge < -0.3 is 9.80 Å². The number of nitrogens with zero attached hydrogens (tertiary/aromatic N) is 2. The normalized spacial score (nSPS) is 10.8. The minimum Gasteiger partial charge on any atom is -0.378 e. The average Bonchev–Trinajstić information content (AvgIpc) is 2.44. The fourth-order valence-corrected chi connectivity index (χ4v) is 3.19. The maximum atomic E-state index is 2.29. The molecular formula is C21H30N2. The van der Waals surface area contributed by atoms with E-state index in [4.69, 9.17) is 0 Å². The minimum absolute atomic E-state index is 1.01. The summed E-state index contributed by atoms with van der Waals surface area (Å²) in [6.07, 6.45) is 1.01. The predicted molar refractivity (Wildman–Crippen MR) is 103 cm³/mol. The molecule has 0 aliphatic heterocycles. The number of anilines is 2. The van der Waals surface area contributed by atoms with Crippen LogP contribution in [-0.2, 0) is 6.42 Å². The molecule has 0 bridgehead atoms. The molecule has 0 atom stereocenters. The Morgan fingerprint density at radius 1 is 0.565 bits per heavy atom. The van der Waals surface area contributed by atoms with Gasteiger partial charge in [0.2, 0.25) is 0 Å². The van der Waals surface area contributed by atoms with Gasteiger partial charge in [0, 0.05) is 39.6 Å². The Labute approximate surface area is 141 Å². The van der Waals surface area contributed by atoms with Crippen molar-refractivity contribution in [3.8, 4) is 0 Å². The Hall–Kier alpha value is -1.96. The van der Waals surface area contributed by atoms with Gasteiger partial charge in [-0.15, -0.1) is 0 Å². The van der Waals surface area contributed by atoms with Crippen molar-refractivity contribution >= 4 is 11.4 Å². The van der Waals surface area contributed by atoms with E-state index in [0.717, 1.165) is 6.42 Å². The fourth-order valence-electron chi connectivity index (χ4n) is 3.19. The zero-order valence-electron chi connectivity index (χ0n) is 15.9. The first kappa shape index (κ1) is 17.4. The van der Waals surface area contributed by atoms with E-state index in [-0.39, 0.29) is 0 Å². The molecule has 0 radical (unpaired) electrons. The van der Waals surface area contributed by atoms with Gasteiger partial charge in [0.1, 0.15) is 0 Å². The Morgan fingerprint density at radius 3 is 1.04 bits per heavy atom. The molecule has 0 aliphatic carbocycles. The summed E-state index contributed by atoms with van der Waals surface area (Å²) in [5.74, 6) is 0. The van der Waals surface area contributed by atoms with E-state index < -0.39 is 0 Å². The smallest absolute Gasteiger partial charge is 0.0366 e. The number of rotatable bonds is 4. The monoisotopic (exact) mass is 310 g/mol. The van der Waals surface area contributed by atoms with Gasteiger partial charge in [0.25, 0.3) is 0 Å². The van der Waals surface area contributed by atoms with Gasteiger partial charge in [-0.05, 0) is 91.8 Å². The van der Waals surface area contributed by atoms with Gasteiger partial charge in [-0.1, -0.05) is 0 Å². The number of aryl methyl sites for hydroxylation is 4. The minimum atomic E-state index is 1.01. The van der Waals surface area contributed by atoms with Crippen molar-refractivity contribution < 1.29 is 0 Å². The summed E-state index contributed by atoms with van der Waals surface area (Å²) in [5, 5.41) is 0. The molecule has 2 aromatic carbocycles. The lowest BCUT2D eigenvalue weighted by atomic mass is 9.90. The van der Waals surface area contributed by atoms with Crippen molar-refractivity contribution in [1.82, 2.24) is 0 Å². The van der Waals surface area contributed by atoms with Crippen LogP contribution < -0.4 is 9.80 Å². The zero-order valence-corrected chi connectivity index (χ0v) is 15.9. The highest BCUT2D eigenvalue weighted by atomic mass is 15.1. The van der Waals surface area contributed by atoms with Gasteiger partial charge in [-0.25, -0.2) is 0 Å². The molecule has 0 spiro atoms. The van der Waals surface area contributed by atoms with Crippen LogP contribution in [-0.4, -0.2) is 28.2 Å². The van der Waals surface area contributed by atoms with Crippen molar-refractivity contribution in [2.45, 2.75) is 34.1 Å². The highest BCUT2D eigenvalue weighted by Gasteiger charge is 2.12. The summed E-state index contributed by atoms with van der Waals surface area (Å²) in [7, 11) is 8.40. The van der Waals surface area contributed by atoms with Crippen LogP contribution in [0.1, 0.15) is 33.4 Å². The van der Waals surface area contributed by atoms with E-state index in [0.29, 0.717) is 0 Å². The first-order valence-corrected chi connectivity index (χ1v) is 8.25. The summed E-state index contributed by atoms with van der Waals surface area (Å²) in [6.45, 7) is 8.92. The standard InChI is InChI=1S/C21H30N2/c1-14-9-18(22(5)6)10-15(2)20(14)13-21-16(3)11-19(23(7)8)12-17(21)4/h9-12H,13H2,1-8H3. The molecule has 23 heavy (non-hydrogen) atoms. The highest BCUT2D eigenvalue weighted by Crippen LogP contribution is 2.28.